The highest BCUT2D eigenvalue weighted by Crippen LogP contribution is 2.25. The van der Waals surface area contributed by atoms with Crippen molar-refractivity contribution < 1.29 is 4.79 Å². The molecule has 124 valence electrons. The zero-order valence-corrected chi connectivity index (χ0v) is 13.2. The quantitative estimate of drug-likeness (QED) is 0.855. The lowest BCUT2D eigenvalue weighted by atomic mass is 10.1. The van der Waals surface area contributed by atoms with Crippen LogP contribution < -0.4 is 11.1 Å². The van der Waals surface area contributed by atoms with Gasteiger partial charge in [0.15, 0.2) is 0 Å². The topological polar surface area (TPSA) is 113 Å². The van der Waals surface area contributed by atoms with Gasteiger partial charge in [-0.1, -0.05) is 5.21 Å². The number of nitriles is 1. The minimum Gasteiger partial charge on any atom is -0.335 e. The molecule has 23 heavy (non-hydrogen) atoms. The summed E-state index contributed by atoms with van der Waals surface area (Å²) < 4.78 is 1.82. The number of aromatic nitrogens is 3. The molecule has 0 aromatic carbocycles. The molecular formula is C15H23N7O. The Labute approximate surface area is 135 Å². The van der Waals surface area contributed by atoms with Crippen LogP contribution >= 0.6 is 0 Å². The summed E-state index contributed by atoms with van der Waals surface area (Å²) in [5.74, 6) is 0.0826. The van der Waals surface area contributed by atoms with Crippen LogP contribution in [0.1, 0.15) is 43.8 Å². The summed E-state index contributed by atoms with van der Waals surface area (Å²) in [5.41, 5.74) is 6.33. The first-order valence-electron chi connectivity index (χ1n) is 8.25. The van der Waals surface area contributed by atoms with Gasteiger partial charge in [-0.2, -0.15) is 5.26 Å². The number of nitrogens with one attached hydrogen (secondary N) is 1. The highest BCUT2D eigenvalue weighted by atomic mass is 16.2. The average Bonchev–Trinajstić information content (AvgIpc) is 3.24. The first-order valence-corrected chi connectivity index (χ1v) is 8.25. The number of urea groups is 1. The maximum Gasteiger partial charge on any atom is 0.317 e. The van der Waals surface area contributed by atoms with Crippen molar-refractivity contribution in [1.82, 2.24) is 25.2 Å². The molecular weight excluding hydrogens is 294 g/mol. The molecule has 3 rings (SSSR count). The Morgan fingerprint density at radius 3 is 3.04 bits per heavy atom. The van der Waals surface area contributed by atoms with Crippen molar-refractivity contribution in [3.05, 3.63) is 11.9 Å². The van der Waals surface area contributed by atoms with Crippen molar-refractivity contribution in [1.29, 1.82) is 5.26 Å². The van der Waals surface area contributed by atoms with Crippen LogP contribution in [0.4, 0.5) is 4.79 Å². The number of carbonyl (C=O) groups is 1. The first-order chi connectivity index (χ1) is 11.2. The smallest absolute Gasteiger partial charge is 0.317 e. The maximum absolute atomic E-state index is 12.5. The number of nitrogens with zero attached hydrogens (tertiary/aromatic N) is 5. The van der Waals surface area contributed by atoms with E-state index < -0.39 is 0 Å². The molecule has 1 aromatic rings. The molecule has 0 bridgehead atoms. The molecule has 1 aromatic heterocycles. The summed E-state index contributed by atoms with van der Waals surface area (Å²) >= 11 is 0. The lowest BCUT2D eigenvalue weighted by Crippen LogP contribution is -2.48. The summed E-state index contributed by atoms with van der Waals surface area (Å²) in [5, 5.41) is 20.2. The Bertz CT molecular complexity index is 593. The fourth-order valence-electron chi connectivity index (χ4n) is 3.44. The van der Waals surface area contributed by atoms with Crippen LogP contribution in [0.2, 0.25) is 0 Å². The highest BCUT2D eigenvalue weighted by molar-refractivity contribution is 5.74. The van der Waals surface area contributed by atoms with E-state index in [1.165, 1.54) is 0 Å². The molecule has 3 N–H and O–H groups in total. The van der Waals surface area contributed by atoms with Gasteiger partial charge in [0.05, 0.1) is 24.0 Å². The van der Waals surface area contributed by atoms with Crippen molar-refractivity contribution in [3.8, 4) is 6.07 Å². The van der Waals surface area contributed by atoms with Crippen LogP contribution in [0, 0.1) is 17.2 Å². The summed E-state index contributed by atoms with van der Waals surface area (Å²) in [7, 11) is 0. The SMILES string of the molecule is N#C[C@H]1CC[C@@H](NC(=O)N2CCCC(n3cc(CN)nn3)C2)C1. The lowest BCUT2D eigenvalue weighted by molar-refractivity contribution is 0.159. The number of likely N-dealkylation sites (tertiary alicyclic amines) is 1. The van der Waals surface area contributed by atoms with Crippen molar-refractivity contribution in [2.45, 2.75) is 50.7 Å². The van der Waals surface area contributed by atoms with E-state index in [4.69, 9.17) is 11.0 Å². The molecule has 3 atom stereocenters. The molecule has 8 heteroatoms. The third kappa shape index (κ3) is 3.62. The average molecular weight is 317 g/mol. The second-order valence-electron chi connectivity index (χ2n) is 6.42. The van der Waals surface area contributed by atoms with E-state index in [0.717, 1.165) is 44.3 Å². The zero-order valence-electron chi connectivity index (χ0n) is 13.2. The standard InChI is InChI=1S/C15H23N7O/c16-7-11-3-4-12(6-11)18-15(23)21-5-1-2-14(10-21)22-9-13(8-17)19-20-22/h9,11-12,14H,1-6,8,10,17H2,(H,18,23)/t11-,12+,14?/m0/s1. The van der Waals surface area contributed by atoms with E-state index in [1.807, 2.05) is 15.8 Å². The van der Waals surface area contributed by atoms with E-state index >= 15 is 0 Å². The molecule has 2 aliphatic rings. The highest BCUT2D eigenvalue weighted by Gasteiger charge is 2.30. The molecule has 1 saturated carbocycles. The Morgan fingerprint density at radius 2 is 2.35 bits per heavy atom. The second kappa shape index (κ2) is 6.96. The Balaban J connectivity index is 1.55. The van der Waals surface area contributed by atoms with Gasteiger partial charge in [0.1, 0.15) is 0 Å². The minimum atomic E-state index is -0.0301. The first kappa shape index (κ1) is 15.7. The fourth-order valence-corrected chi connectivity index (χ4v) is 3.44. The maximum atomic E-state index is 12.5. The van der Waals surface area contributed by atoms with Crippen LogP contribution in [0.25, 0.3) is 0 Å². The summed E-state index contributed by atoms with van der Waals surface area (Å²) in [4.78, 5) is 14.3. The monoisotopic (exact) mass is 317 g/mol. The number of hydrogen-bond donors (Lipinski definition) is 2. The van der Waals surface area contributed by atoms with Gasteiger partial charge < -0.3 is 16.0 Å². The molecule has 1 unspecified atom stereocenters. The number of rotatable bonds is 3. The van der Waals surface area contributed by atoms with Gasteiger partial charge in [0.25, 0.3) is 0 Å². The largest absolute Gasteiger partial charge is 0.335 e. The van der Waals surface area contributed by atoms with Gasteiger partial charge in [0, 0.05) is 31.6 Å². The van der Waals surface area contributed by atoms with Gasteiger partial charge in [-0.3, -0.25) is 0 Å². The third-order valence-electron chi connectivity index (χ3n) is 4.77. The van der Waals surface area contributed by atoms with Gasteiger partial charge in [0.2, 0.25) is 0 Å². The lowest BCUT2D eigenvalue weighted by Gasteiger charge is -2.33. The molecule has 2 heterocycles. The van der Waals surface area contributed by atoms with Crippen molar-refractivity contribution in [3.63, 3.8) is 0 Å². The van der Waals surface area contributed by atoms with E-state index in [9.17, 15) is 4.79 Å². The van der Waals surface area contributed by atoms with Gasteiger partial charge in [-0.25, -0.2) is 9.48 Å². The van der Waals surface area contributed by atoms with Crippen molar-refractivity contribution in [2.75, 3.05) is 13.1 Å². The molecule has 1 aliphatic carbocycles. The number of carbonyl (C=O) groups excluding carboxylic acids is 1. The van der Waals surface area contributed by atoms with E-state index in [-0.39, 0.29) is 24.0 Å². The third-order valence-corrected chi connectivity index (χ3v) is 4.77. The van der Waals surface area contributed by atoms with Crippen molar-refractivity contribution >= 4 is 6.03 Å². The number of hydrogen-bond acceptors (Lipinski definition) is 5. The van der Waals surface area contributed by atoms with Crippen LogP contribution in [-0.2, 0) is 6.54 Å². The van der Waals surface area contributed by atoms with E-state index in [0.29, 0.717) is 13.1 Å². The van der Waals surface area contributed by atoms with E-state index in [2.05, 4.69) is 21.7 Å². The molecule has 0 spiro atoms. The normalized spacial score (nSPS) is 27.7. The zero-order chi connectivity index (χ0) is 16.2. The van der Waals surface area contributed by atoms with Crippen LogP contribution in [0.3, 0.4) is 0 Å². The van der Waals surface area contributed by atoms with E-state index in [1.54, 1.807) is 0 Å². The summed E-state index contributed by atoms with van der Waals surface area (Å²) in [6, 6.07) is 2.54. The second-order valence-corrected chi connectivity index (χ2v) is 6.42. The Hall–Kier alpha value is -2.14. The predicted octanol–water partition coefficient (Wildman–Crippen LogP) is 0.776. The molecule has 8 nitrogen and oxygen atoms in total. The van der Waals surface area contributed by atoms with Crippen LogP contribution in [0.5, 0.6) is 0 Å². The van der Waals surface area contributed by atoms with Gasteiger partial charge in [-0.05, 0) is 32.1 Å². The molecule has 0 radical (unpaired) electrons. The predicted molar refractivity (Wildman–Crippen MR) is 83.0 cm³/mol. The van der Waals surface area contributed by atoms with Gasteiger partial charge >= 0.3 is 6.03 Å². The summed E-state index contributed by atoms with van der Waals surface area (Å²) in [6.07, 6.45) is 6.33. The number of piperidine rings is 1. The Morgan fingerprint density at radius 1 is 1.48 bits per heavy atom. The molecule has 2 amide bonds. The Kier molecular flexibility index (Phi) is 4.76. The molecule has 2 fully saturated rings. The minimum absolute atomic E-state index is 0.0301. The molecule has 1 saturated heterocycles. The van der Waals surface area contributed by atoms with Gasteiger partial charge in [-0.15, -0.1) is 5.10 Å². The van der Waals surface area contributed by atoms with Crippen LogP contribution in [0.15, 0.2) is 6.20 Å². The summed E-state index contributed by atoms with van der Waals surface area (Å²) in [6.45, 7) is 1.77. The van der Waals surface area contributed by atoms with Crippen LogP contribution in [-0.4, -0.2) is 45.1 Å². The number of nitrogens with two attached hydrogens (primary N) is 1. The molecule has 1 aliphatic heterocycles. The van der Waals surface area contributed by atoms with Crippen molar-refractivity contribution in [2.24, 2.45) is 11.7 Å². The number of amides is 2. The fraction of sp³-hybridized carbons (Fsp3) is 0.733.